The third-order valence-electron chi connectivity index (χ3n) is 1.35. The molecule has 0 bridgehead atoms. The van der Waals surface area contributed by atoms with Crippen molar-refractivity contribution in [3.8, 4) is 12.3 Å². The topological polar surface area (TPSA) is 29.1 Å². The Morgan fingerprint density at radius 1 is 1.58 bits per heavy atom. The van der Waals surface area contributed by atoms with Crippen molar-refractivity contribution in [1.29, 1.82) is 0 Å². The SMILES string of the molecule is C#Cc1ccc(NC=O)cc1F. The van der Waals surface area contributed by atoms with Gasteiger partial charge < -0.3 is 5.32 Å². The van der Waals surface area contributed by atoms with E-state index in [0.717, 1.165) is 0 Å². The van der Waals surface area contributed by atoms with Crippen LogP contribution in [-0.4, -0.2) is 6.41 Å². The largest absolute Gasteiger partial charge is 0.329 e. The number of amides is 1. The van der Waals surface area contributed by atoms with Crippen molar-refractivity contribution in [2.24, 2.45) is 0 Å². The summed E-state index contributed by atoms with van der Waals surface area (Å²) in [6.45, 7) is 0. The molecule has 60 valence electrons. The highest BCUT2D eigenvalue weighted by Crippen LogP contribution is 2.12. The van der Waals surface area contributed by atoms with Crippen molar-refractivity contribution in [1.82, 2.24) is 0 Å². The van der Waals surface area contributed by atoms with Crippen molar-refractivity contribution in [3.05, 3.63) is 29.6 Å². The van der Waals surface area contributed by atoms with E-state index in [1.165, 1.54) is 18.2 Å². The van der Waals surface area contributed by atoms with Crippen molar-refractivity contribution >= 4 is 12.1 Å². The molecule has 3 heteroatoms. The monoisotopic (exact) mass is 163 g/mol. The number of anilines is 1. The minimum absolute atomic E-state index is 0.187. The molecule has 1 N–H and O–H groups in total. The van der Waals surface area contributed by atoms with Gasteiger partial charge in [-0.25, -0.2) is 4.39 Å². The highest BCUT2D eigenvalue weighted by atomic mass is 19.1. The molecule has 0 aliphatic carbocycles. The lowest BCUT2D eigenvalue weighted by Crippen LogP contribution is -1.94. The summed E-state index contributed by atoms with van der Waals surface area (Å²) in [5, 5.41) is 2.31. The van der Waals surface area contributed by atoms with E-state index in [0.29, 0.717) is 12.1 Å². The number of carbonyl (C=O) groups excluding carboxylic acids is 1. The minimum Gasteiger partial charge on any atom is -0.329 e. The first-order valence-corrected chi connectivity index (χ1v) is 3.24. The van der Waals surface area contributed by atoms with E-state index in [-0.39, 0.29) is 5.56 Å². The van der Waals surface area contributed by atoms with Crippen LogP contribution in [0.4, 0.5) is 10.1 Å². The molecule has 2 nitrogen and oxygen atoms in total. The van der Waals surface area contributed by atoms with Crippen LogP contribution in [0.1, 0.15) is 5.56 Å². The Labute approximate surface area is 69.4 Å². The molecule has 1 aromatic carbocycles. The van der Waals surface area contributed by atoms with E-state index in [9.17, 15) is 9.18 Å². The van der Waals surface area contributed by atoms with Gasteiger partial charge in [0.25, 0.3) is 0 Å². The summed E-state index contributed by atoms with van der Waals surface area (Å²) in [6.07, 6.45) is 5.47. The third-order valence-corrected chi connectivity index (χ3v) is 1.35. The van der Waals surface area contributed by atoms with Crippen LogP contribution in [-0.2, 0) is 4.79 Å². The van der Waals surface area contributed by atoms with Gasteiger partial charge in [0.15, 0.2) is 0 Å². The number of hydrogen-bond acceptors (Lipinski definition) is 1. The minimum atomic E-state index is -0.510. The lowest BCUT2D eigenvalue weighted by Gasteiger charge is -1.99. The van der Waals surface area contributed by atoms with Crippen LogP contribution >= 0.6 is 0 Å². The van der Waals surface area contributed by atoms with Gasteiger partial charge in [0.05, 0.1) is 5.56 Å². The molecule has 1 rings (SSSR count). The molecule has 0 spiro atoms. The standard InChI is InChI=1S/C9H6FNO/c1-2-7-3-4-8(11-6-12)5-9(7)10/h1,3-6H,(H,11,12). The van der Waals surface area contributed by atoms with E-state index in [4.69, 9.17) is 6.42 Å². The Balaban J connectivity index is 3.03. The molecule has 0 saturated heterocycles. The summed E-state index contributed by atoms with van der Waals surface area (Å²) in [5.74, 6) is 1.66. The van der Waals surface area contributed by atoms with Crippen LogP contribution in [0.3, 0.4) is 0 Å². The number of halogens is 1. The Kier molecular flexibility index (Phi) is 2.44. The van der Waals surface area contributed by atoms with Crippen LogP contribution in [0.2, 0.25) is 0 Å². The molecule has 1 amide bonds. The summed E-state index contributed by atoms with van der Waals surface area (Å²) in [6, 6.07) is 4.14. The number of terminal acetylenes is 1. The lowest BCUT2D eigenvalue weighted by molar-refractivity contribution is -0.105. The van der Waals surface area contributed by atoms with Crippen LogP contribution in [0, 0.1) is 18.2 Å². The van der Waals surface area contributed by atoms with Crippen molar-refractivity contribution in [2.45, 2.75) is 0 Å². The zero-order valence-electron chi connectivity index (χ0n) is 6.17. The maximum Gasteiger partial charge on any atom is 0.211 e. The van der Waals surface area contributed by atoms with E-state index in [1.807, 2.05) is 0 Å². The molecule has 0 aliphatic rings. The van der Waals surface area contributed by atoms with Gasteiger partial charge in [-0.05, 0) is 18.2 Å². The molecule has 12 heavy (non-hydrogen) atoms. The molecule has 0 atom stereocenters. The van der Waals surface area contributed by atoms with Gasteiger partial charge in [-0.3, -0.25) is 4.79 Å². The second-order valence-electron chi connectivity index (χ2n) is 2.10. The Hall–Kier alpha value is -1.82. The van der Waals surface area contributed by atoms with Gasteiger partial charge in [0.1, 0.15) is 5.82 Å². The summed E-state index contributed by atoms with van der Waals surface area (Å²) < 4.78 is 12.9. The average Bonchev–Trinajstić information content (AvgIpc) is 2.05. The fourth-order valence-electron chi connectivity index (χ4n) is 0.790. The first kappa shape index (κ1) is 8.28. The fourth-order valence-corrected chi connectivity index (χ4v) is 0.790. The molecule has 0 aromatic heterocycles. The van der Waals surface area contributed by atoms with Gasteiger partial charge in [-0.2, -0.15) is 0 Å². The maximum absolute atomic E-state index is 12.9. The van der Waals surface area contributed by atoms with Crippen LogP contribution in [0.25, 0.3) is 0 Å². The molecule has 0 radical (unpaired) electrons. The predicted octanol–water partition coefficient (Wildman–Crippen LogP) is 1.38. The smallest absolute Gasteiger partial charge is 0.211 e. The number of carbonyl (C=O) groups is 1. The summed E-state index contributed by atoms with van der Waals surface area (Å²) in [4.78, 5) is 9.97. The first-order chi connectivity index (χ1) is 5.77. The van der Waals surface area contributed by atoms with Crippen LogP contribution in [0.5, 0.6) is 0 Å². The van der Waals surface area contributed by atoms with Crippen LogP contribution in [0.15, 0.2) is 18.2 Å². The van der Waals surface area contributed by atoms with Gasteiger partial charge in [-0.15, -0.1) is 6.42 Å². The average molecular weight is 163 g/mol. The van der Waals surface area contributed by atoms with Crippen molar-refractivity contribution in [3.63, 3.8) is 0 Å². The zero-order valence-corrected chi connectivity index (χ0v) is 6.17. The van der Waals surface area contributed by atoms with E-state index in [1.54, 1.807) is 0 Å². The quantitative estimate of drug-likeness (QED) is 0.517. The Bertz CT molecular complexity index is 341. The van der Waals surface area contributed by atoms with Gasteiger partial charge in [0.2, 0.25) is 6.41 Å². The number of benzene rings is 1. The molecule has 0 fully saturated rings. The van der Waals surface area contributed by atoms with Crippen molar-refractivity contribution < 1.29 is 9.18 Å². The number of nitrogens with one attached hydrogen (secondary N) is 1. The van der Waals surface area contributed by atoms with Gasteiger partial charge >= 0.3 is 0 Å². The zero-order chi connectivity index (χ0) is 8.97. The summed E-state index contributed by atoms with van der Waals surface area (Å²) in [7, 11) is 0. The molecule has 0 saturated carbocycles. The first-order valence-electron chi connectivity index (χ1n) is 3.24. The highest BCUT2D eigenvalue weighted by molar-refractivity contribution is 5.71. The van der Waals surface area contributed by atoms with E-state index >= 15 is 0 Å². The van der Waals surface area contributed by atoms with Gasteiger partial charge in [-0.1, -0.05) is 5.92 Å². The number of hydrogen-bond donors (Lipinski definition) is 1. The molecule has 0 heterocycles. The lowest BCUT2D eigenvalue weighted by atomic mass is 10.2. The normalized spacial score (nSPS) is 8.67. The second kappa shape index (κ2) is 3.54. The summed E-state index contributed by atoms with van der Waals surface area (Å²) in [5.41, 5.74) is 0.577. The number of rotatable bonds is 2. The van der Waals surface area contributed by atoms with Crippen molar-refractivity contribution in [2.75, 3.05) is 5.32 Å². The highest BCUT2D eigenvalue weighted by Gasteiger charge is 1.99. The molecule has 1 aromatic rings. The molecular weight excluding hydrogens is 157 g/mol. The molecular formula is C9H6FNO. The summed E-state index contributed by atoms with van der Waals surface area (Å²) >= 11 is 0. The third kappa shape index (κ3) is 1.61. The fraction of sp³-hybridized carbons (Fsp3) is 0. The maximum atomic E-state index is 12.9. The van der Waals surface area contributed by atoms with E-state index < -0.39 is 5.82 Å². The second-order valence-corrected chi connectivity index (χ2v) is 2.10. The predicted molar refractivity (Wildman–Crippen MR) is 44.0 cm³/mol. The van der Waals surface area contributed by atoms with Crippen LogP contribution < -0.4 is 5.32 Å². The van der Waals surface area contributed by atoms with Gasteiger partial charge in [0, 0.05) is 5.69 Å². The molecule has 0 unspecified atom stereocenters. The molecule has 0 aliphatic heterocycles. The Morgan fingerprint density at radius 2 is 2.33 bits per heavy atom. The van der Waals surface area contributed by atoms with E-state index in [2.05, 4.69) is 11.2 Å². The Morgan fingerprint density at radius 3 is 2.83 bits per heavy atom.